The van der Waals surface area contributed by atoms with Crippen LogP contribution in [0.5, 0.6) is 0 Å². The normalized spacial score (nSPS) is 18.8. The molecule has 0 amide bonds. The average Bonchev–Trinajstić information content (AvgIpc) is 2.00. The van der Waals surface area contributed by atoms with Crippen molar-refractivity contribution in [3.05, 3.63) is 12.7 Å². The topological polar surface area (TPSA) is 26.0 Å². The van der Waals surface area contributed by atoms with Crippen LogP contribution in [0.15, 0.2) is 12.7 Å². The van der Waals surface area contributed by atoms with Gasteiger partial charge in [0, 0.05) is 12.5 Å². The fourth-order valence-corrected chi connectivity index (χ4v) is 0.739. The van der Waals surface area contributed by atoms with Crippen LogP contribution in [0.3, 0.4) is 0 Å². The largest absolute Gasteiger partial charge is 0.325 e. The molecule has 2 atom stereocenters. The molecule has 2 unspecified atom stereocenters. The first-order chi connectivity index (χ1) is 5.40. The van der Waals surface area contributed by atoms with Crippen LogP contribution in [-0.4, -0.2) is 18.1 Å². The molecular weight excluding hydrogens is 167 g/mol. The van der Waals surface area contributed by atoms with Crippen LogP contribution in [0.4, 0.5) is 13.2 Å². The second-order valence-electron chi connectivity index (χ2n) is 2.93. The lowest BCUT2D eigenvalue weighted by atomic mass is 9.95. The highest BCUT2D eigenvalue weighted by atomic mass is 19.3. The van der Waals surface area contributed by atoms with E-state index in [-0.39, 0.29) is 12.8 Å². The summed E-state index contributed by atoms with van der Waals surface area (Å²) in [5.74, 6) is 0. The molecule has 0 aromatic rings. The molecule has 12 heavy (non-hydrogen) atoms. The van der Waals surface area contributed by atoms with Gasteiger partial charge in [-0.05, 0) is 13.3 Å². The van der Waals surface area contributed by atoms with Gasteiger partial charge in [0.2, 0.25) is 6.43 Å². The van der Waals surface area contributed by atoms with Crippen molar-refractivity contribution in [1.82, 2.24) is 0 Å². The molecule has 0 spiro atoms. The standard InChI is InChI=1S/C8H14F3N/c1-3-8(2,11)6(12)4-5-7(9)10/h3,6-7H,1,4-5,12H2,2H3. The molecule has 0 saturated carbocycles. The Labute approximate surface area is 70.4 Å². The smallest absolute Gasteiger partial charge is 0.238 e. The van der Waals surface area contributed by atoms with Gasteiger partial charge in [0.25, 0.3) is 0 Å². The third-order valence-corrected chi connectivity index (χ3v) is 1.82. The zero-order valence-corrected chi connectivity index (χ0v) is 7.06. The van der Waals surface area contributed by atoms with Gasteiger partial charge in [-0.1, -0.05) is 12.7 Å². The highest BCUT2D eigenvalue weighted by Gasteiger charge is 2.27. The third kappa shape index (κ3) is 3.76. The van der Waals surface area contributed by atoms with Crippen molar-refractivity contribution < 1.29 is 13.2 Å². The van der Waals surface area contributed by atoms with Gasteiger partial charge in [-0.15, -0.1) is 0 Å². The molecule has 0 aliphatic carbocycles. The van der Waals surface area contributed by atoms with Crippen LogP contribution in [0.2, 0.25) is 0 Å². The van der Waals surface area contributed by atoms with Crippen molar-refractivity contribution in [3.8, 4) is 0 Å². The number of hydrogen-bond acceptors (Lipinski definition) is 1. The SMILES string of the molecule is C=CC(C)(F)C(N)CCC(F)F. The monoisotopic (exact) mass is 181 g/mol. The number of hydrogen-bond donors (Lipinski definition) is 1. The molecule has 4 heteroatoms. The Hall–Kier alpha value is -0.510. The molecule has 0 saturated heterocycles. The molecule has 0 radical (unpaired) electrons. The summed E-state index contributed by atoms with van der Waals surface area (Å²) in [7, 11) is 0. The van der Waals surface area contributed by atoms with Crippen molar-refractivity contribution in [2.45, 2.75) is 37.9 Å². The maximum absolute atomic E-state index is 13.2. The van der Waals surface area contributed by atoms with E-state index in [4.69, 9.17) is 5.73 Å². The summed E-state index contributed by atoms with van der Waals surface area (Å²) in [6.45, 7) is 4.47. The first-order valence-corrected chi connectivity index (χ1v) is 3.76. The third-order valence-electron chi connectivity index (χ3n) is 1.82. The average molecular weight is 181 g/mol. The van der Waals surface area contributed by atoms with Crippen LogP contribution >= 0.6 is 0 Å². The van der Waals surface area contributed by atoms with E-state index in [1.807, 2.05) is 0 Å². The molecule has 2 N–H and O–H groups in total. The van der Waals surface area contributed by atoms with E-state index < -0.39 is 18.1 Å². The second-order valence-corrected chi connectivity index (χ2v) is 2.93. The molecule has 0 heterocycles. The van der Waals surface area contributed by atoms with E-state index in [1.54, 1.807) is 0 Å². The van der Waals surface area contributed by atoms with Crippen molar-refractivity contribution in [1.29, 1.82) is 0 Å². The zero-order valence-electron chi connectivity index (χ0n) is 7.06. The summed E-state index contributed by atoms with van der Waals surface area (Å²) in [6.07, 6.45) is -1.77. The molecule has 0 aliphatic heterocycles. The number of nitrogens with two attached hydrogens (primary N) is 1. The van der Waals surface area contributed by atoms with Crippen molar-refractivity contribution >= 4 is 0 Å². The van der Waals surface area contributed by atoms with Gasteiger partial charge < -0.3 is 5.73 Å². The Morgan fingerprint density at radius 2 is 2.00 bits per heavy atom. The van der Waals surface area contributed by atoms with E-state index in [1.165, 1.54) is 6.92 Å². The molecule has 0 fully saturated rings. The van der Waals surface area contributed by atoms with Crippen molar-refractivity contribution in [2.75, 3.05) is 0 Å². The van der Waals surface area contributed by atoms with Crippen LogP contribution in [0.25, 0.3) is 0 Å². The lowest BCUT2D eigenvalue weighted by molar-refractivity contribution is 0.118. The van der Waals surface area contributed by atoms with Crippen LogP contribution in [-0.2, 0) is 0 Å². The lowest BCUT2D eigenvalue weighted by Gasteiger charge is -2.23. The Balaban J connectivity index is 3.86. The zero-order chi connectivity index (χ0) is 9.78. The minimum absolute atomic E-state index is 0.0311. The summed E-state index contributed by atoms with van der Waals surface area (Å²) >= 11 is 0. The van der Waals surface area contributed by atoms with Gasteiger partial charge in [-0.2, -0.15) is 0 Å². The van der Waals surface area contributed by atoms with Gasteiger partial charge in [0.05, 0.1) is 0 Å². The summed E-state index contributed by atoms with van der Waals surface area (Å²) in [4.78, 5) is 0. The van der Waals surface area contributed by atoms with E-state index in [0.29, 0.717) is 0 Å². The molecule has 0 aromatic heterocycles. The number of rotatable bonds is 5. The van der Waals surface area contributed by atoms with Gasteiger partial charge in [-0.3, -0.25) is 0 Å². The predicted molar refractivity (Wildman–Crippen MR) is 42.9 cm³/mol. The van der Waals surface area contributed by atoms with E-state index >= 15 is 0 Å². The Morgan fingerprint density at radius 3 is 2.33 bits per heavy atom. The van der Waals surface area contributed by atoms with Crippen LogP contribution in [0.1, 0.15) is 19.8 Å². The Morgan fingerprint density at radius 1 is 1.50 bits per heavy atom. The van der Waals surface area contributed by atoms with E-state index in [2.05, 4.69) is 6.58 Å². The van der Waals surface area contributed by atoms with E-state index in [9.17, 15) is 13.2 Å². The van der Waals surface area contributed by atoms with Gasteiger partial charge in [0.15, 0.2) is 0 Å². The summed E-state index contributed by atoms with van der Waals surface area (Å²) in [6, 6.07) is -0.899. The predicted octanol–water partition coefficient (Wildman–Crippen LogP) is 2.27. The minimum atomic E-state index is -2.42. The molecule has 0 bridgehead atoms. The molecule has 1 nitrogen and oxygen atoms in total. The fraction of sp³-hybridized carbons (Fsp3) is 0.750. The Kier molecular flexibility index (Phi) is 4.31. The van der Waals surface area contributed by atoms with Crippen molar-refractivity contribution in [3.63, 3.8) is 0 Å². The van der Waals surface area contributed by atoms with Crippen LogP contribution in [0, 0.1) is 0 Å². The fourth-order valence-electron chi connectivity index (χ4n) is 0.739. The lowest BCUT2D eigenvalue weighted by Crippen LogP contribution is -2.40. The highest BCUT2D eigenvalue weighted by molar-refractivity contribution is 4.99. The number of halogens is 3. The summed E-state index contributed by atoms with van der Waals surface area (Å²) < 4.78 is 36.5. The van der Waals surface area contributed by atoms with Crippen LogP contribution < -0.4 is 5.73 Å². The molecular formula is C8H14F3N. The molecule has 0 aliphatic rings. The second kappa shape index (κ2) is 4.50. The minimum Gasteiger partial charge on any atom is -0.325 e. The first kappa shape index (κ1) is 11.5. The van der Waals surface area contributed by atoms with Gasteiger partial charge in [0.1, 0.15) is 5.67 Å². The Bertz CT molecular complexity index is 145. The molecule has 0 aromatic carbocycles. The van der Waals surface area contributed by atoms with Gasteiger partial charge >= 0.3 is 0 Å². The van der Waals surface area contributed by atoms with E-state index in [0.717, 1.165) is 6.08 Å². The molecule has 0 rings (SSSR count). The maximum Gasteiger partial charge on any atom is 0.238 e. The first-order valence-electron chi connectivity index (χ1n) is 3.76. The molecule has 72 valence electrons. The highest BCUT2D eigenvalue weighted by Crippen LogP contribution is 2.20. The maximum atomic E-state index is 13.2. The number of alkyl halides is 3. The van der Waals surface area contributed by atoms with Gasteiger partial charge in [-0.25, -0.2) is 13.2 Å². The summed E-state index contributed by atoms with van der Waals surface area (Å²) in [5.41, 5.74) is 3.58. The summed E-state index contributed by atoms with van der Waals surface area (Å²) in [5, 5.41) is 0. The van der Waals surface area contributed by atoms with Crippen molar-refractivity contribution in [2.24, 2.45) is 5.73 Å². The quantitative estimate of drug-likeness (QED) is 0.647.